The summed E-state index contributed by atoms with van der Waals surface area (Å²) in [5.41, 5.74) is 6.40. The molecule has 0 spiro atoms. The molecule has 0 saturated heterocycles. The van der Waals surface area contributed by atoms with Crippen LogP contribution >= 0.6 is 0 Å². The van der Waals surface area contributed by atoms with E-state index >= 15 is 0 Å². The molecule has 1 aromatic rings. The van der Waals surface area contributed by atoms with Gasteiger partial charge in [0, 0.05) is 18.8 Å². The summed E-state index contributed by atoms with van der Waals surface area (Å²) in [6.07, 6.45) is 5.28. The zero-order valence-electron chi connectivity index (χ0n) is 10.4. The third-order valence-corrected chi connectivity index (χ3v) is 4.36. The van der Waals surface area contributed by atoms with Crippen molar-refractivity contribution in [2.45, 2.75) is 45.4 Å². The Kier molecular flexibility index (Phi) is 2.42. The van der Waals surface area contributed by atoms with Crippen molar-refractivity contribution >= 4 is 5.69 Å². The van der Waals surface area contributed by atoms with Crippen LogP contribution in [0.15, 0.2) is 12.1 Å². The van der Waals surface area contributed by atoms with Gasteiger partial charge >= 0.3 is 0 Å². The molecule has 1 unspecified atom stereocenters. The van der Waals surface area contributed by atoms with Gasteiger partial charge in [-0.25, -0.2) is 0 Å². The second-order valence-electron chi connectivity index (χ2n) is 5.29. The molecule has 0 saturated carbocycles. The van der Waals surface area contributed by atoms with Crippen molar-refractivity contribution in [3.05, 3.63) is 28.8 Å². The summed E-state index contributed by atoms with van der Waals surface area (Å²) in [5.74, 6) is 0.810. The van der Waals surface area contributed by atoms with Gasteiger partial charge in [0.1, 0.15) is 0 Å². The summed E-state index contributed by atoms with van der Waals surface area (Å²) in [6.45, 7) is 7.18. The number of benzene rings is 1. The van der Waals surface area contributed by atoms with E-state index in [2.05, 4.69) is 30.9 Å². The molecule has 0 aliphatic carbocycles. The van der Waals surface area contributed by atoms with Crippen molar-refractivity contribution in [2.75, 3.05) is 18.0 Å². The molecule has 0 bridgehead atoms. The van der Waals surface area contributed by atoms with E-state index in [4.69, 9.17) is 0 Å². The summed E-state index contributed by atoms with van der Waals surface area (Å²) >= 11 is 0. The molecule has 1 heteroatoms. The van der Waals surface area contributed by atoms with Crippen LogP contribution in [0.3, 0.4) is 0 Å². The summed E-state index contributed by atoms with van der Waals surface area (Å²) in [7, 11) is 0. The molecule has 2 aliphatic rings. The molecule has 0 radical (unpaired) electrons. The molecule has 2 heterocycles. The van der Waals surface area contributed by atoms with Crippen LogP contribution in [0.4, 0.5) is 5.69 Å². The number of aryl methyl sites for hydroxylation is 2. The summed E-state index contributed by atoms with van der Waals surface area (Å²) in [6, 6.07) is 4.70. The summed E-state index contributed by atoms with van der Waals surface area (Å²) in [4.78, 5) is 2.63. The van der Waals surface area contributed by atoms with Crippen LogP contribution in [0.25, 0.3) is 0 Å². The molecule has 1 aromatic carbocycles. The standard InChI is InChI=1S/C15H21N/c1-3-12-8-10-16-9-4-5-13-7-6-11(2)14(12)15(13)16/h6-7,12H,3-5,8-10H2,1-2H3. The highest BCUT2D eigenvalue weighted by Crippen LogP contribution is 2.43. The van der Waals surface area contributed by atoms with Gasteiger partial charge in [-0.1, -0.05) is 19.1 Å². The lowest BCUT2D eigenvalue weighted by atomic mass is 9.81. The highest BCUT2D eigenvalue weighted by Gasteiger charge is 2.29. The van der Waals surface area contributed by atoms with Crippen molar-refractivity contribution in [2.24, 2.45) is 0 Å². The average molecular weight is 215 g/mol. The quantitative estimate of drug-likeness (QED) is 0.691. The number of hydrogen-bond acceptors (Lipinski definition) is 1. The zero-order chi connectivity index (χ0) is 11.1. The maximum atomic E-state index is 2.63. The predicted octanol–water partition coefficient (Wildman–Crippen LogP) is 3.64. The predicted molar refractivity (Wildman–Crippen MR) is 69.4 cm³/mol. The molecule has 86 valence electrons. The van der Waals surface area contributed by atoms with E-state index < -0.39 is 0 Å². The Balaban J connectivity index is 2.19. The van der Waals surface area contributed by atoms with E-state index in [1.165, 1.54) is 44.3 Å². The first-order chi connectivity index (χ1) is 7.81. The van der Waals surface area contributed by atoms with Crippen molar-refractivity contribution in [3.8, 4) is 0 Å². The molecule has 3 rings (SSSR count). The third kappa shape index (κ3) is 1.37. The van der Waals surface area contributed by atoms with E-state index in [0.29, 0.717) is 0 Å². The smallest absolute Gasteiger partial charge is 0.0436 e. The lowest BCUT2D eigenvalue weighted by Crippen LogP contribution is -2.36. The van der Waals surface area contributed by atoms with Crippen molar-refractivity contribution in [1.82, 2.24) is 0 Å². The molecule has 0 aromatic heterocycles. The minimum Gasteiger partial charge on any atom is -0.371 e. The Morgan fingerprint density at radius 3 is 3.00 bits per heavy atom. The van der Waals surface area contributed by atoms with Crippen LogP contribution < -0.4 is 4.90 Å². The van der Waals surface area contributed by atoms with E-state index in [1.807, 2.05) is 0 Å². The van der Waals surface area contributed by atoms with Gasteiger partial charge in [-0.3, -0.25) is 0 Å². The first-order valence-electron chi connectivity index (χ1n) is 6.68. The SMILES string of the molecule is CCC1CCN2CCCc3ccc(C)c1c32. The van der Waals surface area contributed by atoms with Gasteiger partial charge in [0.2, 0.25) is 0 Å². The van der Waals surface area contributed by atoms with Gasteiger partial charge in [0.15, 0.2) is 0 Å². The fourth-order valence-corrected chi connectivity index (χ4v) is 3.50. The lowest BCUT2D eigenvalue weighted by Gasteiger charge is -2.40. The van der Waals surface area contributed by atoms with Crippen molar-refractivity contribution in [1.29, 1.82) is 0 Å². The minimum absolute atomic E-state index is 0.810. The van der Waals surface area contributed by atoms with Crippen LogP contribution in [0.5, 0.6) is 0 Å². The molecular weight excluding hydrogens is 194 g/mol. The van der Waals surface area contributed by atoms with Crippen molar-refractivity contribution in [3.63, 3.8) is 0 Å². The Morgan fingerprint density at radius 2 is 2.19 bits per heavy atom. The maximum Gasteiger partial charge on any atom is 0.0436 e. The van der Waals surface area contributed by atoms with E-state index in [9.17, 15) is 0 Å². The molecule has 0 amide bonds. The fourth-order valence-electron chi connectivity index (χ4n) is 3.50. The van der Waals surface area contributed by atoms with Gasteiger partial charge in [0.05, 0.1) is 0 Å². The van der Waals surface area contributed by atoms with Crippen LogP contribution in [0.1, 0.15) is 48.8 Å². The number of rotatable bonds is 1. The van der Waals surface area contributed by atoms with Crippen LogP contribution in [-0.2, 0) is 6.42 Å². The number of anilines is 1. The Hall–Kier alpha value is -0.980. The van der Waals surface area contributed by atoms with Gasteiger partial charge < -0.3 is 4.90 Å². The largest absolute Gasteiger partial charge is 0.371 e. The molecule has 0 fully saturated rings. The Labute approximate surface area is 98.5 Å². The van der Waals surface area contributed by atoms with Crippen molar-refractivity contribution < 1.29 is 0 Å². The first-order valence-corrected chi connectivity index (χ1v) is 6.68. The second kappa shape index (κ2) is 3.80. The lowest BCUT2D eigenvalue weighted by molar-refractivity contribution is 0.539. The van der Waals surface area contributed by atoms with Gasteiger partial charge in [0.25, 0.3) is 0 Å². The third-order valence-electron chi connectivity index (χ3n) is 4.36. The molecular formula is C15H21N. The number of hydrogen-bond donors (Lipinski definition) is 0. The van der Waals surface area contributed by atoms with Crippen LogP contribution in [-0.4, -0.2) is 13.1 Å². The zero-order valence-corrected chi connectivity index (χ0v) is 10.4. The molecule has 1 nitrogen and oxygen atoms in total. The normalized spacial score (nSPS) is 23.1. The molecule has 0 N–H and O–H groups in total. The Morgan fingerprint density at radius 1 is 1.31 bits per heavy atom. The van der Waals surface area contributed by atoms with Gasteiger partial charge in [-0.2, -0.15) is 0 Å². The second-order valence-corrected chi connectivity index (χ2v) is 5.29. The first kappa shape index (κ1) is 10.2. The highest BCUT2D eigenvalue weighted by molar-refractivity contribution is 5.66. The van der Waals surface area contributed by atoms with Crippen LogP contribution in [0.2, 0.25) is 0 Å². The van der Waals surface area contributed by atoms with Gasteiger partial charge in [-0.05, 0) is 55.2 Å². The molecule has 2 aliphatic heterocycles. The van der Waals surface area contributed by atoms with E-state index in [1.54, 1.807) is 16.8 Å². The topological polar surface area (TPSA) is 3.24 Å². The number of nitrogens with zero attached hydrogens (tertiary/aromatic N) is 1. The van der Waals surface area contributed by atoms with E-state index in [0.717, 1.165) is 5.92 Å². The maximum absolute atomic E-state index is 2.63. The fraction of sp³-hybridized carbons (Fsp3) is 0.600. The average Bonchev–Trinajstić information content (AvgIpc) is 2.33. The molecule has 16 heavy (non-hydrogen) atoms. The summed E-state index contributed by atoms with van der Waals surface area (Å²) < 4.78 is 0. The van der Waals surface area contributed by atoms with E-state index in [-0.39, 0.29) is 0 Å². The highest BCUT2D eigenvalue weighted by atomic mass is 15.1. The monoisotopic (exact) mass is 215 g/mol. The molecule has 1 atom stereocenters. The Bertz CT molecular complexity index is 408. The minimum atomic E-state index is 0.810. The summed E-state index contributed by atoms with van der Waals surface area (Å²) in [5, 5.41) is 0. The van der Waals surface area contributed by atoms with Gasteiger partial charge in [-0.15, -0.1) is 0 Å². The van der Waals surface area contributed by atoms with Crippen LogP contribution in [0, 0.1) is 6.92 Å².